The van der Waals surface area contributed by atoms with Crippen LogP contribution in [-0.2, 0) is 20.7 Å². The molecule has 37 heavy (non-hydrogen) atoms. The lowest BCUT2D eigenvalue weighted by molar-refractivity contribution is -0.161. The van der Waals surface area contributed by atoms with Gasteiger partial charge in [0.1, 0.15) is 11.6 Å². The molecule has 3 aliphatic heterocycles. The molecule has 7 heteroatoms. The van der Waals surface area contributed by atoms with E-state index in [9.17, 15) is 9.59 Å². The fourth-order valence-corrected chi connectivity index (χ4v) is 6.24. The predicted octanol–water partition coefficient (Wildman–Crippen LogP) is 3.33. The Bertz CT molecular complexity index is 848. The van der Waals surface area contributed by atoms with Gasteiger partial charge in [0.2, 0.25) is 11.8 Å². The molecular weight excluding hydrogens is 464 g/mol. The molecular formula is C30H48N4O3. The van der Waals surface area contributed by atoms with Crippen molar-refractivity contribution in [2.24, 2.45) is 5.92 Å². The molecule has 3 aliphatic rings. The van der Waals surface area contributed by atoms with E-state index in [0.717, 1.165) is 78.2 Å². The van der Waals surface area contributed by atoms with Crippen LogP contribution in [0.25, 0.3) is 0 Å². The number of hydrogen-bond donors (Lipinski definition) is 1. The van der Waals surface area contributed by atoms with E-state index in [1.165, 1.54) is 24.8 Å². The fourth-order valence-electron chi connectivity index (χ4n) is 6.24. The molecule has 1 N–H and O–H groups in total. The smallest absolute Gasteiger partial charge is 0.246 e. The van der Waals surface area contributed by atoms with Crippen LogP contribution >= 0.6 is 0 Å². The summed E-state index contributed by atoms with van der Waals surface area (Å²) in [5.74, 6) is 0.568. The number of nitrogens with zero attached hydrogens (tertiary/aromatic N) is 3. The molecule has 4 rings (SSSR count). The highest BCUT2D eigenvalue weighted by molar-refractivity contribution is 6.00. The summed E-state index contributed by atoms with van der Waals surface area (Å²) in [7, 11) is 0. The number of carbonyl (C=O) groups excluding carboxylic acids is 2. The van der Waals surface area contributed by atoms with Crippen LogP contribution in [0, 0.1) is 5.92 Å². The number of benzene rings is 1. The maximum absolute atomic E-state index is 13.7. The van der Waals surface area contributed by atoms with Gasteiger partial charge in [-0.1, -0.05) is 50.6 Å². The van der Waals surface area contributed by atoms with Gasteiger partial charge in [0, 0.05) is 39.3 Å². The lowest BCUT2D eigenvalue weighted by Gasteiger charge is -2.52. The maximum atomic E-state index is 13.7. The van der Waals surface area contributed by atoms with E-state index in [0.29, 0.717) is 18.9 Å². The predicted molar refractivity (Wildman–Crippen MR) is 147 cm³/mol. The van der Waals surface area contributed by atoms with Gasteiger partial charge >= 0.3 is 0 Å². The van der Waals surface area contributed by atoms with Crippen molar-refractivity contribution in [1.29, 1.82) is 0 Å². The number of nitrogens with one attached hydrogen (secondary N) is 1. The summed E-state index contributed by atoms with van der Waals surface area (Å²) in [4.78, 5) is 34.2. The minimum Gasteiger partial charge on any atom is -0.379 e. The summed E-state index contributed by atoms with van der Waals surface area (Å²) in [6.45, 7) is 12.2. The molecule has 0 aliphatic carbocycles. The number of piperidine rings is 1. The third-order valence-corrected chi connectivity index (χ3v) is 8.44. The van der Waals surface area contributed by atoms with Crippen LogP contribution in [0.4, 0.5) is 0 Å². The first-order valence-corrected chi connectivity index (χ1v) is 14.7. The molecule has 3 heterocycles. The van der Waals surface area contributed by atoms with Gasteiger partial charge in [-0.15, -0.1) is 0 Å². The van der Waals surface area contributed by atoms with Crippen molar-refractivity contribution in [2.45, 2.75) is 76.8 Å². The number of morpholine rings is 1. The average molecular weight is 513 g/mol. The fraction of sp³-hybridized carbons (Fsp3) is 0.733. The SMILES string of the molecule is CC(C)C[C@@H]1NC(=O)C2(CCN(CCCCCc3ccccc3)CC2)N(CCCN2CCOCC2)C1=O. The topological polar surface area (TPSA) is 65.1 Å². The maximum Gasteiger partial charge on any atom is 0.246 e. The zero-order valence-corrected chi connectivity index (χ0v) is 23.1. The van der Waals surface area contributed by atoms with E-state index in [1.54, 1.807) is 0 Å². The molecule has 0 saturated carbocycles. The van der Waals surface area contributed by atoms with Gasteiger partial charge in [0.05, 0.1) is 13.2 Å². The van der Waals surface area contributed by atoms with Gasteiger partial charge in [0.15, 0.2) is 0 Å². The summed E-state index contributed by atoms with van der Waals surface area (Å²) in [5, 5.41) is 3.14. The Morgan fingerprint density at radius 2 is 1.57 bits per heavy atom. The molecule has 1 atom stereocenters. The summed E-state index contributed by atoms with van der Waals surface area (Å²) in [6.07, 6.45) is 7.85. The van der Waals surface area contributed by atoms with Crippen molar-refractivity contribution >= 4 is 11.8 Å². The van der Waals surface area contributed by atoms with E-state index < -0.39 is 5.54 Å². The second-order valence-corrected chi connectivity index (χ2v) is 11.6. The third kappa shape index (κ3) is 7.55. The van der Waals surface area contributed by atoms with Crippen LogP contribution < -0.4 is 5.32 Å². The van der Waals surface area contributed by atoms with Gasteiger partial charge in [-0.25, -0.2) is 0 Å². The van der Waals surface area contributed by atoms with E-state index in [4.69, 9.17) is 4.74 Å². The Hall–Kier alpha value is -1.96. The summed E-state index contributed by atoms with van der Waals surface area (Å²) >= 11 is 0. The minimum absolute atomic E-state index is 0.0756. The average Bonchev–Trinajstić information content (AvgIpc) is 2.91. The van der Waals surface area contributed by atoms with E-state index >= 15 is 0 Å². The van der Waals surface area contributed by atoms with Crippen molar-refractivity contribution in [3.63, 3.8) is 0 Å². The molecule has 1 aromatic carbocycles. The summed E-state index contributed by atoms with van der Waals surface area (Å²) in [6, 6.07) is 10.3. The van der Waals surface area contributed by atoms with Gasteiger partial charge in [-0.3, -0.25) is 14.5 Å². The van der Waals surface area contributed by atoms with Crippen LogP contribution in [0.3, 0.4) is 0 Å². The molecule has 0 unspecified atom stereocenters. The van der Waals surface area contributed by atoms with Gasteiger partial charge < -0.3 is 19.9 Å². The molecule has 7 nitrogen and oxygen atoms in total. The summed E-state index contributed by atoms with van der Waals surface area (Å²) in [5.41, 5.74) is 0.735. The Labute approximate surface area is 223 Å². The lowest BCUT2D eigenvalue weighted by atomic mass is 9.80. The number of amides is 2. The number of piperazine rings is 1. The number of rotatable bonds is 12. The highest BCUT2D eigenvalue weighted by Crippen LogP contribution is 2.34. The Morgan fingerprint density at radius 3 is 2.27 bits per heavy atom. The van der Waals surface area contributed by atoms with E-state index in [1.807, 2.05) is 4.90 Å². The number of likely N-dealkylation sites (tertiary alicyclic amines) is 1. The van der Waals surface area contributed by atoms with Crippen LogP contribution in [0.5, 0.6) is 0 Å². The highest BCUT2D eigenvalue weighted by Gasteiger charge is 2.53. The molecule has 1 spiro atoms. The van der Waals surface area contributed by atoms with Crippen LogP contribution in [0.1, 0.15) is 64.4 Å². The van der Waals surface area contributed by atoms with Crippen molar-refractivity contribution in [3.8, 4) is 0 Å². The second-order valence-electron chi connectivity index (χ2n) is 11.6. The van der Waals surface area contributed by atoms with Crippen molar-refractivity contribution in [3.05, 3.63) is 35.9 Å². The largest absolute Gasteiger partial charge is 0.379 e. The normalized spacial score (nSPS) is 23.1. The first-order chi connectivity index (χ1) is 18.0. The molecule has 206 valence electrons. The quantitative estimate of drug-likeness (QED) is 0.435. The van der Waals surface area contributed by atoms with E-state index in [-0.39, 0.29) is 17.9 Å². The monoisotopic (exact) mass is 512 g/mol. The first-order valence-electron chi connectivity index (χ1n) is 14.7. The number of ether oxygens (including phenoxy) is 1. The van der Waals surface area contributed by atoms with Crippen molar-refractivity contribution in [1.82, 2.24) is 20.0 Å². The van der Waals surface area contributed by atoms with Crippen molar-refractivity contribution < 1.29 is 14.3 Å². The molecule has 1 aromatic rings. The number of aryl methyl sites for hydroxylation is 1. The zero-order valence-electron chi connectivity index (χ0n) is 23.1. The molecule has 0 aromatic heterocycles. The summed E-state index contributed by atoms with van der Waals surface area (Å²) < 4.78 is 5.48. The minimum atomic E-state index is -0.681. The molecule has 0 radical (unpaired) electrons. The molecule has 0 bridgehead atoms. The van der Waals surface area contributed by atoms with Crippen LogP contribution in [-0.4, -0.2) is 97.1 Å². The number of carbonyl (C=O) groups is 2. The van der Waals surface area contributed by atoms with Crippen molar-refractivity contribution in [2.75, 3.05) is 59.0 Å². The van der Waals surface area contributed by atoms with Gasteiger partial charge in [-0.05, 0) is 63.0 Å². The van der Waals surface area contributed by atoms with E-state index in [2.05, 4.69) is 59.3 Å². The van der Waals surface area contributed by atoms with Gasteiger partial charge in [-0.2, -0.15) is 0 Å². The van der Waals surface area contributed by atoms with Crippen LogP contribution in [0.2, 0.25) is 0 Å². The van der Waals surface area contributed by atoms with Gasteiger partial charge in [0.25, 0.3) is 0 Å². The second kappa shape index (κ2) is 13.7. The standard InChI is InChI=1S/C30H48N4O3/c1-25(2)24-27-28(35)34(17-9-16-33-20-22-37-23-21-33)30(29(36)31-27)13-18-32(19-14-30)15-8-4-7-12-26-10-5-3-6-11-26/h3,5-6,10-11,25,27H,4,7-9,12-24H2,1-2H3,(H,31,36)/t27-/m0/s1. The third-order valence-electron chi connectivity index (χ3n) is 8.44. The Kier molecular flexibility index (Phi) is 10.4. The number of unbranched alkanes of at least 4 members (excludes halogenated alkanes) is 2. The van der Waals surface area contributed by atoms with Crippen LogP contribution in [0.15, 0.2) is 30.3 Å². The Balaban J connectivity index is 1.29. The molecule has 2 amide bonds. The highest BCUT2D eigenvalue weighted by atomic mass is 16.5. The zero-order chi connectivity index (χ0) is 26.1. The molecule has 3 saturated heterocycles. The Morgan fingerprint density at radius 1 is 0.892 bits per heavy atom. The lowest BCUT2D eigenvalue weighted by Crippen LogP contribution is -2.73. The first kappa shape index (κ1) is 28.1. The number of hydrogen-bond acceptors (Lipinski definition) is 5. The molecule has 3 fully saturated rings.